The molecule has 1 amide bonds. The number of nitrogens with zero attached hydrogens (tertiary/aromatic N) is 4. The summed E-state index contributed by atoms with van der Waals surface area (Å²) in [4.78, 5) is 23.5. The number of carbonyl (C=O) groups is 1. The number of carbonyl (C=O) groups excluding carboxylic acids is 1. The van der Waals surface area contributed by atoms with Gasteiger partial charge in [0.1, 0.15) is 18.0 Å². The van der Waals surface area contributed by atoms with E-state index in [1.165, 1.54) is 23.9 Å². The molecule has 2 heterocycles. The fourth-order valence-electron chi connectivity index (χ4n) is 3.36. The molecule has 1 aliphatic heterocycles. The Balaban J connectivity index is 1.61. The van der Waals surface area contributed by atoms with Gasteiger partial charge in [-0.1, -0.05) is 30.3 Å². The second-order valence-electron chi connectivity index (χ2n) is 7.00. The summed E-state index contributed by atoms with van der Waals surface area (Å²) in [6.45, 7) is 1.06. The van der Waals surface area contributed by atoms with Crippen LogP contribution in [-0.4, -0.2) is 29.0 Å². The van der Waals surface area contributed by atoms with Gasteiger partial charge in [0, 0.05) is 25.0 Å². The number of hydrogen-bond donors (Lipinski definition) is 1. The number of fused-ring (bicyclic) bond motifs is 1. The first-order chi connectivity index (χ1) is 15.2. The fraction of sp³-hybridized carbons (Fsp3) is 0.217. The van der Waals surface area contributed by atoms with Crippen molar-refractivity contribution in [1.82, 2.24) is 15.3 Å². The Hall–Kier alpha value is -3.99. The van der Waals surface area contributed by atoms with Crippen LogP contribution in [0.25, 0.3) is 0 Å². The highest BCUT2D eigenvalue weighted by atomic mass is 19.1. The quantitative estimate of drug-likeness (QED) is 0.592. The number of rotatable bonds is 7. The summed E-state index contributed by atoms with van der Waals surface area (Å²) in [6.07, 6.45) is 2.51. The van der Waals surface area contributed by atoms with Crippen LogP contribution in [0.15, 0.2) is 54.7 Å². The summed E-state index contributed by atoms with van der Waals surface area (Å²) in [7, 11) is 0. The van der Waals surface area contributed by atoms with Crippen molar-refractivity contribution < 1.29 is 13.9 Å². The Bertz CT molecular complexity index is 1130. The lowest BCUT2D eigenvalue weighted by molar-refractivity contribution is 0.0948. The molecule has 0 fully saturated rings. The molecule has 1 N–H and O–H groups in total. The van der Waals surface area contributed by atoms with Crippen LogP contribution in [0.1, 0.15) is 27.9 Å². The number of halogens is 1. The average Bonchev–Trinajstić information content (AvgIpc) is 3.23. The van der Waals surface area contributed by atoms with Crippen LogP contribution >= 0.6 is 0 Å². The summed E-state index contributed by atoms with van der Waals surface area (Å²) in [6, 6.07) is 15.9. The Morgan fingerprint density at radius 2 is 2.03 bits per heavy atom. The number of benzene rings is 2. The molecular formula is C23H20FN5O2. The van der Waals surface area contributed by atoms with Crippen LogP contribution in [0.5, 0.6) is 5.88 Å². The van der Waals surface area contributed by atoms with Crippen molar-refractivity contribution in [2.24, 2.45) is 0 Å². The predicted molar refractivity (Wildman–Crippen MR) is 112 cm³/mol. The third-order valence-electron chi connectivity index (χ3n) is 4.93. The summed E-state index contributed by atoms with van der Waals surface area (Å²) in [5.41, 5.74) is 3.15. The van der Waals surface area contributed by atoms with Crippen molar-refractivity contribution in [3.63, 3.8) is 0 Å². The van der Waals surface area contributed by atoms with Gasteiger partial charge in [0.2, 0.25) is 11.8 Å². The molecule has 0 atom stereocenters. The minimum absolute atomic E-state index is 0.117. The second kappa shape index (κ2) is 9.22. The molecule has 0 radical (unpaired) electrons. The first kappa shape index (κ1) is 20.3. The van der Waals surface area contributed by atoms with E-state index in [4.69, 9.17) is 10.00 Å². The third-order valence-corrected chi connectivity index (χ3v) is 4.93. The number of para-hydroxylation sites is 1. The van der Waals surface area contributed by atoms with Crippen molar-refractivity contribution in [1.29, 1.82) is 5.26 Å². The van der Waals surface area contributed by atoms with Gasteiger partial charge in [-0.15, -0.1) is 0 Å². The van der Waals surface area contributed by atoms with Crippen molar-refractivity contribution in [2.75, 3.05) is 18.0 Å². The minimum Gasteiger partial charge on any atom is -0.472 e. The molecule has 8 heteroatoms. The van der Waals surface area contributed by atoms with E-state index in [2.05, 4.69) is 21.4 Å². The maximum atomic E-state index is 13.2. The number of anilines is 2. The first-order valence-electron chi connectivity index (χ1n) is 9.90. The Kier molecular flexibility index (Phi) is 6.03. The molecule has 31 heavy (non-hydrogen) atoms. The van der Waals surface area contributed by atoms with E-state index in [0.29, 0.717) is 5.95 Å². The van der Waals surface area contributed by atoms with Gasteiger partial charge in [-0.05, 0) is 35.7 Å². The van der Waals surface area contributed by atoms with Crippen molar-refractivity contribution in [2.45, 2.75) is 19.4 Å². The lowest BCUT2D eigenvalue weighted by atomic mass is 10.2. The zero-order valence-corrected chi connectivity index (χ0v) is 16.7. The van der Waals surface area contributed by atoms with Crippen LogP contribution in [0.2, 0.25) is 0 Å². The molecule has 2 aromatic carbocycles. The van der Waals surface area contributed by atoms with Crippen LogP contribution in [-0.2, 0) is 13.0 Å². The Morgan fingerprint density at radius 1 is 1.23 bits per heavy atom. The van der Waals surface area contributed by atoms with E-state index in [1.807, 2.05) is 29.2 Å². The molecule has 156 valence electrons. The summed E-state index contributed by atoms with van der Waals surface area (Å²) in [5, 5.41) is 11.4. The number of amides is 1. The van der Waals surface area contributed by atoms with Crippen molar-refractivity contribution >= 4 is 17.5 Å². The van der Waals surface area contributed by atoms with Crippen LogP contribution < -0.4 is 15.0 Å². The highest BCUT2D eigenvalue weighted by Gasteiger charge is 2.24. The smallest absolute Gasteiger partial charge is 0.258 e. The molecule has 7 nitrogen and oxygen atoms in total. The maximum Gasteiger partial charge on any atom is 0.258 e. The zero-order chi connectivity index (χ0) is 21.6. The van der Waals surface area contributed by atoms with Crippen LogP contribution in [0.4, 0.5) is 16.0 Å². The molecule has 1 aromatic heterocycles. The molecule has 0 saturated heterocycles. The Morgan fingerprint density at radius 3 is 2.84 bits per heavy atom. The molecule has 0 unspecified atom stereocenters. The van der Waals surface area contributed by atoms with Crippen LogP contribution in [0.3, 0.4) is 0 Å². The third kappa shape index (κ3) is 4.61. The van der Waals surface area contributed by atoms with Crippen molar-refractivity contribution in [3.05, 3.63) is 77.2 Å². The molecule has 4 rings (SSSR count). The molecule has 0 bridgehead atoms. The van der Waals surface area contributed by atoms with E-state index in [0.717, 1.165) is 24.2 Å². The lowest BCUT2D eigenvalue weighted by Crippen LogP contribution is -2.26. The van der Waals surface area contributed by atoms with Gasteiger partial charge in [0.15, 0.2) is 0 Å². The largest absolute Gasteiger partial charge is 0.472 e. The highest BCUT2D eigenvalue weighted by molar-refractivity contribution is 5.96. The standard InChI is InChI=1S/C23H20FN5O2/c24-18-8-6-16(7-9-18)15-31-22-19(21(30)26-12-3-11-25)14-27-23(28-22)29-13-10-17-4-1-2-5-20(17)29/h1-2,4-9,14H,3,10,12-13,15H2,(H,26,30). The number of nitrogens with one attached hydrogen (secondary N) is 1. The topological polar surface area (TPSA) is 91.1 Å². The molecule has 0 saturated carbocycles. The van der Waals surface area contributed by atoms with Gasteiger partial charge in [0.25, 0.3) is 5.91 Å². The van der Waals surface area contributed by atoms with Crippen molar-refractivity contribution in [3.8, 4) is 11.9 Å². The van der Waals surface area contributed by atoms with Gasteiger partial charge in [-0.3, -0.25) is 4.79 Å². The van der Waals surface area contributed by atoms with Gasteiger partial charge < -0.3 is 15.0 Å². The molecular weight excluding hydrogens is 397 g/mol. The summed E-state index contributed by atoms with van der Waals surface area (Å²) in [5.74, 6) is -0.183. The van der Waals surface area contributed by atoms with E-state index in [-0.39, 0.29) is 36.8 Å². The number of hydrogen-bond acceptors (Lipinski definition) is 6. The van der Waals surface area contributed by atoms with Gasteiger partial charge >= 0.3 is 0 Å². The zero-order valence-electron chi connectivity index (χ0n) is 16.7. The molecule has 0 spiro atoms. The first-order valence-corrected chi connectivity index (χ1v) is 9.90. The van der Waals surface area contributed by atoms with E-state index in [9.17, 15) is 9.18 Å². The Labute approximate surface area is 179 Å². The van der Waals surface area contributed by atoms with Crippen LogP contribution in [0, 0.1) is 17.1 Å². The maximum absolute atomic E-state index is 13.2. The monoisotopic (exact) mass is 417 g/mol. The number of ether oxygens (including phenoxy) is 1. The molecule has 3 aromatic rings. The minimum atomic E-state index is -0.419. The summed E-state index contributed by atoms with van der Waals surface area (Å²) < 4.78 is 19.0. The normalized spacial score (nSPS) is 12.2. The molecule has 0 aliphatic carbocycles. The lowest BCUT2D eigenvalue weighted by Gasteiger charge is -2.19. The second-order valence-corrected chi connectivity index (χ2v) is 7.00. The van der Waals surface area contributed by atoms with E-state index in [1.54, 1.807) is 12.1 Å². The SMILES string of the molecule is N#CCCNC(=O)c1cnc(N2CCc3ccccc32)nc1OCc1ccc(F)cc1. The molecule has 1 aliphatic rings. The van der Waals surface area contributed by atoms with E-state index >= 15 is 0 Å². The average molecular weight is 417 g/mol. The summed E-state index contributed by atoms with van der Waals surface area (Å²) >= 11 is 0. The highest BCUT2D eigenvalue weighted by Crippen LogP contribution is 2.33. The van der Waals surface area contributed by atoms with Gasteiger partial charge in [-0.2, -0.15) is 10.2 Å². The number of nitriles is 1. The number of aromatic nitrogens is 2. The van der Waals surface area contributed by atoms with E-state index < -0.39 is 5.91 Å². The van der Waals surface area contributed by atoms with Gasteiger partial charge in [0.05, 0.1) is 12.5 Å². The fourth-order valence-corrected chi connectivity index (χ4v) is 3.36. The van der Waals surface area contributed by atoms with Gasteiger partial charge in [-0.25, -0.2) is 9.37 Å². The predicted octanol–water partition coefficient (Wildman–Crippen LogP) is 3.53.